The highest BCUT2D eigenvalue weighted by atomic mass is 16.5. The normalized spacial score (nSPS) is 14.4. The predicted molar refractivity (Wildman–Crippen MR) is 103 cm³/mol. The topological polar surface area (TPSA) is 62.7 Å². The quantitative estimate of drug-likeness (QED) is 0.834. The van der Waals surface area contributed by atoms with E-state index in [2.05, 4.69) is 18.8 Å². The van der Waals surface area contributed by atoms with Gasteiger partial charge in [-0.15, -0.1) is 0 Å². The molecule has 1 saturated heterocycles. The minimum Gasteiger partial charge on any atom is -0.496 e. The van der Waals surface area contributed by atoms with Crippen LogP contribution in [0, 0.1) is 0 Å². The van der Waals surface area contributed by atoms with Gasteiger partial charge in [-0.25, -0.2) is 0 Å². The minimum atomic E-state index is -0.0573. The molecule has 0 aliphatic carbocycles. The Bertz CT molecular complexity index is 813. The summed E-state index contributed by atoms with van der Waals surface area (Å²) in [5.74, 6) is 0.883. The monoisotopic (exact) mass is 367 g/mol. The van der Waals surface area contributed by atoms with Gasteiger partial charge >= 0.3 is 0 Å². The number of piperazine rings is 1. The maximum atomic E-state index is 12.9. The van der Waals surface area contributed by atoms with Crippen molar-refractivity contribution in [2.75, 3.05) is 33.3 Å². The lowest BCUT2D eigenvalue weighted by Gasteiger charge is -2.35. The van der Waals surface area contributed by atoms with Gasteiger partial charge in [0.1, 0.15) is 5.75 Å². The summed E-state index contributed by atoms with van der Waals surface area (Å²) in [5.41, 5.74) is 2.32. The third-order valence-corrected chi connectivity index (χ3v) is 4.90. The zero-order valence-corrected chi connectivity index (χ0v) is 16.0. The van der Waals surface area contributed by atoms with Gasteiger partial charge in [-0.1, -0.05) is 19.9 Å². The summed E-state index contributed by atoms with van der Waals surface area (Å²) in [7, 11) is 1.58. The van der Waals surface area contributed by atoms with Crippen molar-refractivity contribution >= 4 is 11.8 Å². The molecule has 6 nitrogen and oxygen atoms in total. The van der Waals surface area contributed by atoms with Crippen LogP contribution in [0.25, 0.3) is 0 Å². The van der Waals surface area contributed by atoms with Gasteiger partial charge in [-0.2, -0.15) is 0 Å². The van der Waals surface area contributed by atoms with Crippen LogP contribution >= 0.6 is 0 Å². The number of carbonyl (C=O) groups is 2. The summed E-state index contributed by atoms with van der Waals surface area (Å²) < 4.78 is 5.45. The average Bonchev–Trinajstić information content (AvgIpc) is 2.73. The number of hydrogen-bond acceptors (Lipinski definition) is 4. The fourth-order valence-corrected chi connectivity index (χ4v) is 3.20. The Morgan fingerprint density at radius 2 is 1.56 bits per heavy atom. The summed E-state index contributed by atoms with van der Waals surface area (Å²) in [6.45, 7) is 6.25. The van der Waals surface area contributed by atoms with Crippen LogP contribution < -0.4 is 4.74 Å². The van der Waals surface area contributed by atoms with Crippen LogP contribution in [-0.2, 0) is 0 Å². The summed E-state index contributed by atoms with van der Waals surface area (Å²) in [4.78, 5) is 33.0. The van der Waals surface area contributed by atoms with Gasteiger partial charge < -0.3 is 14.5 Å². The predicted octanol–water partition coefficient (Wildman–Crippen LogP) is 2.81. The SMILES string of the molecule is COc1cc(C(C)C)ccc1C(=O)N1CCN(C(=O)c2ccncc2)CC1. The smallest absolute Gasteiger partial charge is 0.257 e. The molecule has 0 atom stereocenters. The molecule has 0 unspecified atom stereocenters. The van der Waals surface area contributed by atoms with Gasteiger partial charge in [0.2, 0.25) is 0 Å². The second-order valence-electron chi connectivity index (χ2n) is 6.93. The molecule has 1 aliphatic heterocycles. The molecule has 27 heavy (non-hydrogen) atoms. The number of aromatic nitrogens is 1. The van der Waals surface area contributed by atoms with Gasteiger partial charge in [-0.05, 0) is 35.7 Å². The van der Waals surface area contributed by atoms with Crippen LogP contribution in [-0.4, -0.2) is 59.9 Å². The lowest BCUT2D eigenvalue weighted by atomic mass is 10.0. The maximum absolute atomic E-state index is 12.9. The molecule has 142 valence electrons. The second-order valence-corrected chi connectivity index (χ2v) is 6.93. The molecule has 2 aromatic rings. The molecule has 1 aromatic carbocycles. The zero-order chi connectivity index (χ0) is 19.4. The van der Waals surface area contributed by atoms with Crippen molar-refractivity contribution in [2.24, 2.45) is 0 Å². The highest BCUT2D eigenvalue weighted by Gasteiger charge is 2.27. The first-order valence-electron chi connectivity index (χ1n) is 9.17. The molecule has 0 spiro atoms. The van der Waals surface area contributed by atoms with Gasteiger partial charge in [0.25, 0.3) is 11.8 Å². The van der Waals surface area contributed by atoms with Gasteiger partial charge in [0.05, 0.1) is 12.7 Å². The van der Waals surface area contributed by atoms with Crippen LogP contribution in [0.5, 0.6) is 5.75 Å². The molecule has 0 N–H and O–H groups in total. The van der Waals surface area contributed by atoms with Gasteiger partial charge in [-0.3, -0.25) is 14.6 Å². The molecule has 1 fully saturated rings. The van der Waals surface area contributed by atoms with E-state index in [1.165, 1.54) is 0 Å². The first-order valence-corrected chi connectivity index (χ1v) is 9.17. The van der Waals surface area contributed by atoms with E-state index in [4.69, 9.17) is 4.74 Å². The summed E-state index contributed by atoms with van der Waals surface area (Å²) in [6.07, 6.45) is 3.22. The number of hydrogen-bond donors (Lipinski definition) is 0. The van der Waals surface area contributed by atoms with E-state index in [1.54, 1.807) is 41.4 Å². The molecular formula is C21H25N3O3. The molecule has 1 aliphatic rings. The van der Waals surface area contributed by atoms with Crippen molar-refractivity contribution < 1.29 is 14.3 Å². The average molecular weight is 367 g/mol. The van der Waals surface area contributed by atoms with Gasteiger partial charge in [0, 0.05) is 44.1 Å². The maximum Gasteiger partial charge on any atom is 0.257 e. The van der Waals surface area contributed by atoms with E-state index in [-0.39, 0.29) is 11.8 Å². The minimum absolute atomic E-state index is 0.0247. The van der Waals surface area contributed by atoms with Crippen molar-refractivity contribution in [1.82, 2.24) is 14.8 Å². The van der Waals surface area contributed by atoms with E-state index in [1.807, 2.05) is 18.2 Å². The number of carbonyl (C=O) groups excluding carboxylic acids is 2. The Hall–Kier alpha value is -2.89. The second kappa shape index (κ2) is 8.20. The lowest BCUT2D eigenvalue weighted by Crippen LogP contribution is -2.50. The number of pyridine rings is 1. The van der Waals surface area contributed by atoms with E-state index in [9.17, 15) is 9.59 Å². The summed E-state index contributed by atoms with van der Waals surface area (Å²) >= 11 is 0. The fraction of sp³-hybridized carbons (Fsp3) is 0.381. The highest BCUT2D eigenvalue weighted by Crippen LogP contribution is 2.26. The lowest BCUT2D eigenvalue weighted by molar-refractivity contribution is 0.0533. The van der Waals surface area contributed by atoms with E-state index < -0.39 is 0 Å². The van der Waals surface area contributed by atoms with E-state index in [0.717, 1.165) is 5.56 Å². The number of ether oxygens (including phenoxy) is 1. The number of methoxy groups -OCH3 is 1. The van der Waals surface area contributed by atoms with Crippen molar-refractivity contribution in [3.63, 3.8) is 0 Å². The number of amides is 2. The molecule has 2 heterocycles. The molecule has 0 bridgehead atoms. The highest BCUT2D eigenvalue weighted by molar-refractivity contribution is 5.97. The Labute approximate surface area is 159 Å². The van der Waals surface area contributed by atoms with Crippen LogP contribution in [0.1, 0.15) is 46.0 Å². The molecule has 6 heteroatoms. The van der Waals surface area contributed by atoms with Crippen LogP contribution in [0.3, 0.4) is 0 Å². The third kappa shape index (κ3) is 4.10. The summed E-state index contributed by atoms with van der Waals surface area (Å²) in [6, 6.07) is 9.16. The molecule has 3 rings (SSSR count). The van der Waals surface area contributed by atoms with E-state index in [0.29, 0.717) is 49.0 Å². The first-order chi connectivity index (χ1) is 13.0. The standard InChI is InChI=1S/C21H25N3O3/c1-15(2)17-4-5-18(19(14-17)27-3)21(26)24-12-10-23(11-13-24)20(25)16-6-8-22-9-7-16/h4-9,14-15H,10-13H2,1-3H3. The number of benzene rings is 1. The molecule has 1 aromatic heterocycles. The first kappa shape index (κ1) is 18.9. The molecule has 2 amide bonds. The van der Waals surface area contributed by atoms with Gasteiger partial charge in [0.15, 0.2) is 0 Å². The fourth-order valence-electron chi connectivity index (χ4n) is 3.20. The van der Waals surface area contributed by atoms with Crippen LogP contribution in [0.4, 0.5) is 0 Å². The number of nitrogens with zero attached hydrogens (tertiary/aromatic N) is 3. The van der Waals surface area contributed by atoms with Crippen molar-refractivity contribution in [1.29, 1.82) is 0 Å². The summed E-state index contributed by atoms with van der Waals surface area (Å²) in [5, 5.41) is 0. The van der Waals surface area contributed by atoms with Crippen LogP contribution in [0.15, 0.2) is 42.7 Å². The van der Waals surface area contributed by atoms with Crippen molar-refractivity contribution in [2.45, 2.75) is 19.8 Å². The zero-order valence-electron chi connectivity index (χ0n) is 16.0. The Balaban J connectivity index is 1.67. The van der Waals surface area contributed by atoms with Crippen LogP contribution in [0.2, 0.25) is 0 Å². The van der Waals surface area contributed by atoms with E-state index >= 15 is 0 Å². The number of rotatable bonds is 4. The van der Waals surface area contributed by atoms with Crippen molar-refractivity contribution in [3.8, 4) is 5.75 Å². The Morgan fingerprint density at radius 1 is 0.963 bits per heavy atom. The third-order valence-electron chi connectivity index (χ3n) is 4.90. The van der Waals surface area contributed by atoms with Crippen molar-refractivity contribution in [3.05, 3.63) is 59.4 Å². The molecule has 0 radical (unpaired) electrons. The molecular weight excluding hydrogens is 342 g/mol. The largest absolute Gasteiger partial charge is 0.496 e. The molecule has 0 saturated carbocycles. The Morgan fingerprint density at radius 3 is 2.11 bits per heavy atom. The Kier molecular flexibility index (Phi) is 5.74.